The molecular weight excluding hydrogens is 363 g/mol. The van der Waals surface area contributed by atoms with Crippen molar-refractivity contribution in [1.29, 1.82) is 0 Å². The highest BCUT2D eigenvalue weighted by atomic mass is 19.2. The molecule has 0 bridgehead atoms. The maximum atomic E-state index is 13.6. The average molecular weight is 379 g/mol. The third-order valence-corrected chi connectivity index (χ3v) is 4.33. The summed E-state index contributed by atoms with van der Waals surface area (Å²) in [5, 5.41) is 0. The summed E-state index contributed by atoms with van der Waals surface area (Å²) < 4.78 is 50.4. The van der Waals surface area contributed by atoms with Gasteiger partial charge in [-0.3, -0.25) is 9.59 Å². The molecule has 1 atom stereocenters. The van der Waals surface area contributed by atoms with Crippen molar-refractivity contribution >= 4 is 17.6 Å². The van der Waals surface area contributed by atoms with Crippen LogP contribution in [0.25, 0.3) is 0 Å². The number of hydrogen-bond donors (Lipinski definition) is 0. The van der Waals surface area contributed by atoms with Crippen LogP contribution in [0.4, 0.5) is 18.9 Å². The quantitative estimate of drug-likeness (QED) is 0.591. The first-order valence-electron chi connectivity index (χ1n) is 8.14. The maximum Gasteiger partial charge on any atom is 0.311 e. The van der Waals surface area contributed by atoms with Gasteiger partial charge in [0.1, 0.15) is 18.2 Å². The summed E-state index contributed by atoms with van der Waals surface area (Å²) in [5.41, 5.74) is 0.0524. The molecule has 0 N–H and O–H groups in total. The molecular formula is C19H16F3NO4. The SMILES string of the molecule is COC(=O)C1CC(=O)N(c2ccc(OCc3c(F)ccc(F)c3F)cc2)C1. The van der Waals surface area contributed by atoms with Crippen molar-refractivity contribution in [2.24, 2.45) is 5.92 Å². The van der Waals surface area contributed by atoms with Crippen molar-refractivity contribution in [2.75, 3.05) is 18.6 Å². The number of rotatable bonds is 5. The summed E-state index contributed by atoms with van der Waals surface area (Å²) in [7, 11) is 1.27. The van der Waals surface area contributed by atoms with E-state index in [-0.39, 0.29) is 24.6 Å². The zero-order valence-corrected chi connectivity index (χ0v) is 14.4. The number of anilines is 1. The number of esters is 1. The first-order chi connectivity index (χ1) is 12.9. The van der Waals surface area contributed by atoms with Crippen molar-refractivity contribution in [2.45, 2.75) is 13.0 Å². The standard InChI is InChI=1S/C19H16F3NO4/c1-26-19(25)11-8-17(24)23(9-11)12-2-4-13(5-3-12)27-10-14-15(20)6-7-16(21)18(14)22/h2-7,11H,8-10H2,1H3. The van der Waals surface area contributed by atoms with Crippen LogP contribution in [0.5, 0.6) is 5.75 Å². The number of hydrogen-bond acceptors (Lipinski definition) is 4. The lowest BCUT2D eigenvalue weighted by atomic mass is 10.1. The Morgan fingerprint density at radius 3 is 2.44 bits per heavy atom. The summed E-state index contributed by atoms with van der Waals surface area (Å²) in [5.74, 6) is -4.22. The fourth-order valence-corrected chi connectivity index (χ4v) is 2.86. The first kappa shape index (κ1) is 18.8. The molecule has 0 radical (unpaired) electrons. The molecule has 0 spiro atoms. The van der Waals surface area contributed by atoms with Crippen molar-refractivity contribution in [1.82, 2.24) is 0 Å². The summed E-state index contributed by atoms with van der Waals surface area (Å²) in [6.45, 7) is -0.271. The largest absolute Gasteiger partial charge is 0.489 e. The van der Waals surface area contributed by atoms with Gasteiger partial charge in [0.05, 0.1) is 18.6 Å². The third-order valence-electron chi connectivity index (χ3n) is 4.33. The van der Waals surface area contributed by atoms with Gasteiger partial charge in [-0.2, -0.15) is 0 Å². The zero-order chi connectivity index (χ0) is 19.6. The van der Waals surface area contributed by atoms with Gasteiger partial charge in [0.25, 0.3) is 0 Å². The summed E-state index contributed by atoms with van der Waals surface area (Å²) in [6, 6.07) is 7.75. The molecule has 5 nitrogen and oxygen atoms in total. The van der Waals surface area contributed by atoms with Gasteiger partial charge >= 0.3 is 5.97 Å². The fraction of sp³-hybridized carbons (Fsp3) is 0.263. The van der Waals surface area contributed by atoms with Gasteiger partial charge in [0, 0.05) is 18.7 Å². The van der Waals surface area contributed by atoms with E-state index >= 15 is 0 Å². The fourth-order valence-electron chi connectivity index (χ4n) is 2.86. The van der Waals surface area contributed by atoms with E-state index in [1.54, 1.807) is 12.1 Å². The van der Waals surface area contributed by atoms with Crippen LogP contribution in [0.2, 0.25) is 0 Å². The molecule has 2 aromatic carbocycles. The zero-order valence-electron chi connectivity index (χ0n) is 14.4. The topological polar surface area (TPSA) is 55.8 Å². The van der Waals surface area contributed by atoms with Gasteiger partial charge in [-0.1, -0.05) is 0 Å². The molecule has 1 saturated heterocycles. The van der Waals surface area contributed by atoms with Crippen LogP contribution in [0.15, 0.2) is 36.4 Å². The predicted molar refractivity (Wildman–Crippen MR) is 89.6 cm³/mol. The molecule has 2 aromatic rings. The molecule has 0 saturated carbocycles. The van der Waals surface area contributed by atoms with E-state index in [1.165, 1.54) is 24.1 Å². The Kier molecular flexibility index (Phi) is 5.34. The van der Waals surface area contributed by atoms with E-state index in [0.717, 1.165) is 6.07 Å². The van der Waals surface area contributed by atoms with E-state index in [0.29, 0.717) is 11.8 Å². The Morgan fingerprint density at radius 1 is 1.11 bits per heavy atom. The lowest BCUT2D eigenvalue weighted by molar-refractivity contribution is -0.145. The number of carbonyl (C=O) groups is 2. The number of halogens is 3. The summed E-state index contributed by atoms with van der Waals surface area (Å²) in [4.78, 5) is 25.1. The highest BCUT2D eigenvalue weighted by molar-refractivity contribution is 5.99. The highest BCUT2D eigenvalue weighted by Gasteiger charge is 2.35. The normalized spacial score (nSPS) is 16.5. The number of amides is 1. The molecule has 1 aliphatic heterocycles. The number of carbonyl (C=O) groups excluding carboxylic acids is 2. The second-order valence-electron chi connectivity index (χ2n) is 6.03. The molecule has 1 amide bonds. The minimum atomic E-state index is -1.29. The molecule has 0 aromatic heterocycles. The lowest BCUT2D eigenvalue weighted by Gasteiger charge is -2.17. The Labute approximate surface area is 153 Å². The predicted octanol–water partition coefficient (Wildman–Crippen LogP) is 3.21. The molecule has 1 heterocycles. The number of methoxy groups -OCH3 is 1. The minimum Gasteiger partial charge on any atom is -0.489 e. The number of benzene rings is 2. The Morgan fingerprint density at radius 2 is 1.78 bits per heavy atom. The molecule has 0 aliphatic carbocycles. The highest BCUT2D eigenvalue weighted by Crippen LogP contribution is 2.28. The molecule has 142 valence electrons. The Bertz CT molecular complexity index is 870. The van der Waals surface area contributed by atoms with E-state index in [2.05, 4.69) is 4.74 Å². The van der Waals surface area contributed by atoms with Crippen LogP contribution in [0.1, 0.15) is 12.0 Å². The number of ether oxygens (including phenoxy) is 2. The van der Waals surface area contributed by atoms with Gasteiger partial charge in [0.2, 0.25) is 5.91 Å². The molecule has 8 heteroatoms. The molecule has 3 rings (SSSR count). The van der Waals surface area contributed by atoms with Crippen LogP contribution in [-0.4, -0.2) is 25.5 Å². The van der Waals surface area contributed by atoms with Crippen LogP contribution in [0.3, 0.4) is 0 Å². The van der Waals surface area contributed by atoms with Gasteiger partial charge in [-0.15, -0.1) is 0 Å². The Balaban J connectivity index is 1.67. The molecule has 27 heavy (non-hydrogen) atoms. The first-order valence-corrected chi connectivity index (χ1v) is 8.14. The molecule has 1 aliphatic rings. The van der Waals surface area contributed by atoms with E-state index in [9.17, 15) is 22.8 Å². The molecule has 1 unspecified atom stereocenters. The van der Waals surface area contributed by atoms with E-state index < -0.39 is 41.5 Å². The van der Waals surface area contributed by atoms with Crippen molar-refractivity contribution in [3.8, 4) is 5.75 Å². The van der Waals surface area contributed by atoms with Crippen molar-refractivity contribution in [3.05, 3.63) is 59.4 Å². The van der Waals surface area contributed by atoms with Crippen LogP contribution >= 0.6 is 0 Å². The minimum absolute atomic E-state index is 0.0725. The second-order valence-corrected chi connectivity index (χ2v) is 6.03. The third kappa shape index (κ3) is 3.89. The maximum absolute atomic E-state index is 13.6. The lowest BCUT2D eigenvalue weighted by Crippen LogP contribution is -2.26. The van der Waals surface area contributed by atoms with Crippen LogP contribution in [-0.2, 0) is 20.9 Å². The summed E-state index contributed by atoms with van der Waals surface area (Å²) >= 11 is 0. The molecule has 1 fully saturated rings. The van der Waals surface area contributed by atoms with Crippen LogP contribution in [0, 0.1) is 23.4 Å². The van der Waals surface area contributed by atoms with Crippen molar-refractivity contribution < 1.29 is 32.2 Å². The van der Waals surface area contributed by atoms with Gasteiger partial charge in [0.15, 0.2) is 11.6 Å². The monoisotopic (exact) mass is 379 g/mol. The van der Waals surface area contributed by atoms with Crippen LogP contribution < -0.4 is 9.64 Å². The van der Waals surface area contributed by atoms with Gasteiger partial charge in [-0.25, -0.2) is 13.2 Å². The smallest absolute Gasteiger partial charge is 0.311 e. The average Bonchev–Trinajstić information content (AvgIpc) is 3.06. The van der Waals surface area contributed by atoms with Gasteiger partial charge in [-0.05, 0) is 36.4 Å². The van der Waals surface area contributed by atoms with Crippen molar-refractivity contribution in [3.63, 3.8) is 0 Å². The second kappa shape index (κ2) is 7.69. The van der Waals surface area contributed by atoms with E-state index in [4.69, 9.17) is 4.74 Å². The van der Waals surface area contributed by atoms with E-state index in [1.807, 2.05) is 0 Å². The Hall–Kier alpha value is -3.03. The number of nitrogens with zero attached hydrogens (tertiary/aromatic N) is 1. The van der Waals surface area contributed by atoms with Gasteiger partial charge < -0.3 is 14.4 Å². The summed E-state index contributed by atoms with van der Waals surface area (Å²) in [6.07, 6.45) is 0.0725.